The van der Waals surface area contributed by atoms with E-state index >= 15 is 0 Å². The minimum atomic E-state index is -0.0441. The fourth-order valence-corrected chi connectivity index (χ4v) is 2.45. The molecule has 0 aliphatic carbocycles. The summed E-state index contributed by atoms with van der Waals surface area (Å²) in [6.07, 6.45) is 0.821. The molecule has 0 aliphatic rings. The number of carbonyl (C=O) groups is 1. The number of carbonyl (C=O) groups excluding carboxylic acids is 1. The van der Waals surface area contributed by atoms with Gasteiger partial charge in [0.2, 0.25) is 0 Å². The monoisotopic (exact) mass is 286 g/mol. The van der Waals surface area contributed by atoms with Gasteiger partial charge in [-0.3, -0.25) is 4.79 Å². The average molecular weight is 287 g/mol. The molecule has 88 valence electrons. The topological polar surface area (TPSA) is 35.5 Å². The van der Waals surface area contributed by atoms with E-state index in [9.17, 15) is 4.79 Å². The van der Waals surface area contributed by atoms with E-state index in [2.05, 4.69) is 15.9 Å². The van der Waals surface area contributed by atoms with Crippen LogP contribution in [0.5, 0.6) is 11.5 Å². The van der Waals surface area contributed by atoms with E-state index in [1.165, 1.54) is 14.0 Å². The summed E-state index contributed by atoms with van der Waals surface area (Å²) in [5, 5.41) is 0. The lowest BCUT2D eigenvalue weighted by atomic mass is 10.0. The van der Waals surface area contributed by atoms with Gasteiger partial charge in [-0.1, -0.05) is 6.92 Å². The van der Waals surface area contributed by atoms with Crippen molar-refractivity contribution < 1.29 is 14.3 Å². The fraction of sp³-hybridized carbons (Fsp3) is 0.417. The van der Waals surface area contributed by atoms with Gasteiger partial charge in [0, 0.05) is 4.47 Å². The minimum absolute atomic E-state index is 0.0441. The second-order valence-corrected chi connectivity index (χ2v) is 4.16. The molecule has 0 bridgehead atoms. The summed E-state index contributed by atoms with van der Waals surface area (Å²) >= 11 is 3.44. The normalized spacial score (nSPS) is 10.1. The SMILES string of the molecule is CCc1cc(OC)c(OC)c(C(C)=O)c1Br. The maximum absolute atomic E-state index is 11.6. The minimum Gasteiger partial charge on any atom is -0.493 e. The Morgan fingerprint density at radius 2 is 2.00 bits per heavy atom. The highest BCUT2D eigenvalue weighted by molar-refractivity contribution is 9.10. The van der Waals surface area contributed by atoms with Crippen LogP contribution in [0.25, 0.3) is 0 Å². The van der Waals surface area contributed by atoms with Gasteiger partial charge in [-0.05, 0) is 40.9 Å². The zero-order valence-electron chi connectivity index (χ0n) is 9.89. The fourth-order valence-electron chi connectivity index (χ4n) is 1.60. The smallest absolute Gasteiger partial charge is 0.172 e. The van der Waals surface area contributed by atoms with Crippen molar-refractivity contribution in [2.75, 3.05) is 14.2 Å². The number of aryl methyl sites for hydroxylation is 1. The third-order valence-electron chi connectivity index (χ3n) is 2.41. The molecule has 0 aliphatic heterocycles. The highest BCUT2D eigenvalue weighted by atomic mass is 79.9. The van der Waals surface area contributed by atoms with Crippen LogP contribution in [0.4, 0.5) is 0 Å². The van der Waals surface area contributed by atoms with Crippen LogP contribution in [0.15, 0.2) is 10.5 Å². The molecule has 0 saturated carbocycles. The second-order valence-electron chi connectivity index (χ2n) is 3.37. The number of ketones is 1. The number of rotatable bonds is 4. The Bertz CT molecular complexity index is 413. The standard InChI is InChI=1S/C12H15BrO3/c1-5-8-6-9(15-3)12(16-4)10(7(2)14)11(8)13/h6H,5H2,1-4H3. The van der Waals surface area contributed by atoms with Crippen molar-refractivity contribution in [3.05, 3.63) is 21.7 Å². The zero-order chi connectivity index (χ0) is 12.3. The number of halogens is 1. The van der Waals surface area contributed by atoms with Crippen molar-refractivity contribution in [1.29, 1.82) is 0 Å². The van der Waals surface area contributed by atoms with Crippen molar-refractivity contribution in [3.63, 3.8) is 0 Å². The molecule has 1 aromatic carbocycles. The Balaban J connectivity index is 3.57. The molecule has 0 heterocycles. The molecule has 1 aromatic rings. The third-order valence-corrected chi connectivity index (χ3v) is 3.32. The summed E-state index contributed by atoms with van der Waals surface area (Å²) in [5.41, 5.74) is 1.57. The molecule has 0 spiro atoms. The van der Waals surface area contributed by atoms with Crippen LogP contribution in [0.3, 0.4) is 0 Å². The molecule has 0 aromatic heterocycles. The van der Waals surface area contributed by atoms with Crippen LogP contribution in [0.1, 0.15) is 29.8 Å². The van der Waals surface area contributed by atoms with Gasteiger partial charge in [0.05, 0.1) is 19.8 Å². The molecule has 0 atom stereocenters. The van der Waals surface area contributed by atoms with Gasteiger partial charge in [-0.2, -0.15) is 0 Å². The van der Waals surface area contributed by atoms with Gasteiger partial charge in [0.15, 0.2) is 17.3 Å². The predicted molar refractivity (Wildman–Crippen MR) is 66.6 cm³/mol. The number of benzene rings is 1. The van der Waals surface area contributed by atoms with Crippen molar-refractivity contribution >= 4 is 21.7 Å². The first-order valence-corrected chi connectivity index (χ1v) is 5.80. The molecule has 16 heavy (non-hydrogen) atoms. The van der Waals surface area contributed by atoms with Gasteiger partial charge in [-0.15, -0.1) is 0 Å². The van der Waals surface area contributed by atoms with E-state index in [1.807, 2.05) is 13.0 Å². The number of hydrogen-bond acceptors (Lipinski definition) is 3. The van der Waals surface area contributed by atoms with Crippen LogP contribution >= 0.6 is 15.9 Å². The van der Waals surface area contributed by atoms with E-state index in [-0.39, 0.29) is 5.78 Å². The molecule has 0 fully saturated rings. The van der Waals surface area contributed by atoms with Crippen LogP contribution in [0, 0.1) is 0 Å². The van der Waals surface area contributed by atoms with Crippen LogP contribution in [-0.4, -0.2) is 20.0 Å². The zero-order valence-corrected chi connectivity index (χ0v) is 11.5. The van der Waals surface area contributed by atoms with Crippen LogP contribution in [-0.2, 0) is 6.42 Å². The first-order chi connectivity index (χ1) is 7.56. The van der Waals surface area contributed by atoms with E-state index in [1.54, 1.807) is 7.11 Å². The van der Waals surface area contributed by atoms with Crippen LogP contribution < -0.4 is 9.47 Å². The van der Waals surface area contributed by atoms with Crippen molar-refractivity contribution in [3.8, 4) is 11.5 Å². The Hall–Kier alpha value is -1.03. The molecule has 3 nitrogen and oxygen atoms in total. The van der Waals surface area contributed by atoms with E-state index in [0.29, 0.717) is 17.1 Å². The van der Waals surface area contributed by atoms with E-state index < -0.39 is 0 Å². The summed E-state index contributed by atoms with van der Waals surface area (Å²) in [6, 6.07) is 1.88. The lowest BCUT2D eigenvalue weighted by molar-refractivity contribution is 0.101. The summed E-state index contributed by atoms with van der Waals surface area (Å²) in [4.78, 5) is 11.6. The summed E-state index contributed by atoms with van der Waals surface area (Å²) in [5.74, 6) is 1.03. The van der Waals surface area contributed by atoms with Crippen molar-refractivity contribution in [2.45, 2.75) is 20.3 Å². The molecule has 0 radical (unpaired) electrons. The Morgan fingerprint density at radius 1 is 1.38 bits per heavy atom. The molecule has 0 saturated heterocycles. The van der Waals surface area contributed by atoms with Crippen LogP contribution in [0.2, 0.25) is 0 Å². The maximum Gasteiger partial charge on any atom is 0.172 e. The molecule has 0 unspecified atom stereocenters. The quantitative estimate of drug-likeness (QED) is 0.797. The Kier molecular flexibility index (Phi) is 4.35. The molecule has 4 heteroatoms. The summed E-state index contributed by atoms with van der Waals surface area (Å²) < 4.78 is 11.3. The Morgan fingerprint density at radius 3 is 2.38 bits per heavy atom. The molecule has 0 N–H and O–H groups in total. The number of methoxy groups -OCH3 is 2. The first kappa shape index (κ1) is 13.0. The lowest BCUT2D eigenvalue weighted by Crippen LogP contribution is -2.04. The third kappa shape index (κ3) is 2.21. The van der Waals surface area contributed by atoms with Crippen molar-refractivity contribution in [1.82, 2.24) is 0 Å². The molecular weight excluding hydrogens is 272 g/mol. The average Bonchev–Trinajstić information content (AvgIpc) is 2.27. The molecule has 0 amide bonds. The number of Topliss-reactive ketones (excluding diaryl/α,β-unsaturated/α-hetero) is 1. The van der Waals surface area contributed by atoms with Gasteiger partial charge in [0.25, 0.3) is 0 Å². The summed E-state index contributed by atoms with van der Waals surface area (Å²) in [7, 11) is 3.09. The highest BCUT2D eigenvalue weighted by Gasteiger charge is 2.20. The van der Waals surface area contributed by atoms with E-state index in [0.717, 1.165) is 16.5 Å². The van der Waals surface area contributed by atoms with E-state index in [4.69, 9.17) is 9.47 Å². The number of ether oxygens (including phenoxy) is 2. The molecular formula is C12H15BrO3. The van der Waals surface area contributed by atoms with Gasteiger partial charge in [0.1, 0.15) is 0 Å². The Labute approximate surface area is 104 Å². The van der Waals surface area contributed by atoms with Gasteiger partial charge >= 0.3 is 0 Å². The molecule has 1 rings (SSSR count). The summed E-state index contributed by atoms with van der Waals surface area (Å²) in [6.45, 7) is 3.54. The maximum atomic E-state index is 11.6. The largest absolute Gasteiger partial charge is 0.493 e. The predicted octanol–water partition coefficient (Wildman–Crippen LogP) is 3.23. The second kappa shape index (κ2) is 5.34. The lowest BCUT2D eigenvalue weighted by Gasteiger charge is -2.15. The van der Waals surface area contributed by atoms with Gasteiger partial charge < -0.3 is 9.47 Å². The first-order valence-electron chi connectivity index (χ1n) is 5.01. The number of hydrogen-bond donors (Lipinski definition) is 0. The van der Waals surface area contributed by atoms with Crippen molar-refractivity contribution in [2.24, 2.45) is 0 Å². The van der Waals surface area contributed by atoms with Gasteiger partial charge in [-0.25, -0.2) is 0 Å². The highest BCUT2D eigenvalue weighted by Crippen LogP contribution is 2.39.